The van der Waals surface area contributed by atoms with Crippen LogP contribution in [0.2, 0.25) is 10.0 Å². The van der Waals surface area contributed by atoms with Crippen LogP contribution in [0, 0.1) is 0 Å². The SMILES string of the molecule is CCS(=O)(=O)N1C[C@H](C(=O)Nc2ccc(S(=O)(=O)Nc3ccc(Cl)cc3Cl)cc2)Oc2ccccc21. The fourth-order valence-electron chi connectivity index (χ4n) is 3.47. The van der Waals surface area contributed by atoms with Crippen molar-refractivity contribution in [3.05, 3.63) is 76.8 Å². The van der Waals surface area contributed by atoms with Gasteiger partial charge in [0.1, 0.15) is 5.75 Å². The smallest absolute Gasteiger partial charge is 0.267 e. The summed E-state index contributed by atoms with van der Waals surface area (Å²) in [5.41, 5.74) is 0.835. The average molecular weight is 570 g/mol. The number of benzene rings is 3. The number of carbonyl (C=O) groups excluding carboxylic acids is 1. The van der Waals surface area contributed by atoms with Crippen LogP contribution in [-0.2, 0) is 24.8 Å². The monoisotopic (exact) mass is 569 g/mol. The third-order valence-corrected chi connectivity index (χ3v) is 9.01. The van der Waals surface area contributed by atoms with E-state index < -0.39 is 32.1 Å². The maximum absolute atomic E-state index is 12.9. The Balaban J connectivity index is 1.49. The second-order valence-electron chi connectivity index (χ2n) is 7.75. The number of sulfonamides is 2. The number of ether oxygens (including phenoxy) is 1. The van der Waals surface area contributed by atoms with Crippen molar-refractivity contribution in [1.82, 2.24) is 0 Å². The molecule has 1 heterocycles. The van der Waals surface area contributed by atoms with Gasteiger partial charge in [-0.05, 0) is 61.5 Å². The zero-order valence-corrected chi connectivity index (χ0v) is 22.0. The van der Waals surface area contributed by atoms with Crippen LogP contribution in [0.15, 0.2) is 71.6 Å². The number of rotatable bonds is 7. The third kappa shape index (κ3) is 5.54. The predicted octanol–water partition coefficient (Wildman–Crippen LogP) is 4.35. The molecule has 0 saturated carbocycles. The summed E-state index contributed by atoms with van der Waals surface area (Å²) in [6, 6.07) is 16.4. The Kier molecular flexibility index (Phi) is 7.37. The first-order valence-corrected chi connectivity index (χ1v) is 14.5. The highest BCUT2D eigenvalue weighted by Crippen LogP contribution is 2.35. The summed E-state index contributed by atoms with van der Waals surface area (Å²) in [7, 11) is -7.61. The molecule has 1 atom stereocenters. The molecule has 36 heavy (non-hydrogen) atoms. The van der Waals surface area contributed by atoms with E-state index in [4.69, 9.17) is 27.9 Å². The van der Waals surface area contributed by atoms with Crippen LogP contribution in [0.3, 0.4) is 0 Å². The molecule has 1 aliphatic rings. The van der Waals surface area contributed by atoms with E-state index in [1.165, 1.54) is 53.7 Å². The second-order valence-corrected chi connectivity index (χ2v) is 12.5. The van der Waals surface area contributed by atoms with Gasteiger partial charge >= 0.3 is 0 Å². The lowest BCUT2D eigenvalue weighted by Crippen LogP contribution is -2.49. The molecule has 4 rings (SSSR count). The Morgan fingerprint density at radius 3 is 2.39 bits per heavy atom. The molecule has 0 bridgehead atoms. The normalized spacial score (nSPS) is 15.5. The maximum atomic E-state index is 12.9. The van der Waals surface area contributed by atoms with Crippen molar-refractivity contribution in [2.24, 2.45) is 0 Å². The molecule has 1 amide bonds. The van der Waals surface area contributed by atoms with E-state index in [-0.39, 0.29) is 33.7 Å². The highest BCUT2D eigenvalue weighted by Gasteiger charge is 2.36. The molecule has 13 heteroatoms. The number of fused-ring (bicyclic) bond motifs is 1. The molecular formula is C23H21Cl2N3O6S2. The number of hydrogen-bond donors (Lipinski definition) is 2. The summed E-state index contributed by atoms with van der Waals surface area (Å²) in [5.74, 6) is -0.447. The highest BCUT2D eigenvalue weighted by molar-refractivity contribution is 7.93. The van der Waals surface area contributed by atoms with Gasteiger partial charge in [0.25, 0.3) is 15.9 Å². The second kappa shape index (κ2) is 10.2. The van der Waals surface area contributed by atoms with Gasteiger partial charge in [-0.25, -0.2) is 16.8 Å². The van der Waals surface area contributed by atoms with Gasteiger partial charge in [0, 0.05) is 10.7 Å². The Morgan fingerprint density at radius 1 is 1.03 bits per heavy atom. The molecule has 0 aliphatic carbocycles. The van der Waals surface area contributed by atoms with Gasteiger partial charge in [-0.3, -0.25) is 13.8 Å². The summed E-state index contributed by atoms with van der Waals surface area (Å²) < 4.78 is 60.0. The van der Waals surface area contributed by atoms with Crippen molar-refractivity contribution < 1.29 is 26.4 Å². The van der Waals surface area contributed by atoms with Crippen molar-refractivity contribution in [2.45, 2.75) is 17.9 Å². The Morgan fingerprint density at radius 2 is 1.72 bits per heavy atom. The highest BCUT2D eigenvalue weighted by atomic mass is 35.5. The standard InChI is InChI=1S/C23H21Cl2N3O6S2/c1-2-35(30,31)28-14-22(34-21-6-4-3-5-20(21)28)23(29)26-16-8-10-17(11-9-16)36(32,33)27-19-12-7-15(24)13-18(19)25/h3-13,22,27H,2,14H2,1H3,(H,26,29)/t22-/m1/s1. The van der Waals surface area contributed by atoms with E-state index in [2.05, 4.69) is 10.0 Å². The van der Waals surface area contributed by atoms with Crippen LogP contribution in [0.5, 0.6) is 5.75 Å². The van der Waals surface area contributed by atoms with Crippen molar-refractivity contribution in [3.63, 3.8) is 0 Å². The Bertz CT molecular complexity index is 1510. The van der Waals surface area contributed by atoms with Gasteiger partial charge in [0.15, 0.2) is 6.10 Å². The van der Waals surface area contributed by atoms with Crippen LogP contribution in [-0.4, -0.2) is 41.1 Å². The molecule has 0 fully saturated rings. The van der Waals surface area contributed by atoms with E-state index in [0.29, 0.717) is 16.4 Å². The molecule has 0 aromatic heterocycles. The van der Waals surface area contributed by atoms with E-state index in [1.807, 2.05) is 0 Å². The zero-order chi connectivity index (χ0) is 26.1. The predicted molar refractivity (Wildman–Crippen MR) is 140 cm³/mol. The average Bonchev–Trinajstić information content (AvgIpc) is 2.85. The van der Waals surface area contributed by atoms with Crippen LogP contribution < -0.4 is 19.1 Å². The summed E-state index contributed by atoms with van der Waals surface area (Å²) in [6.45, 7) is 1.32. The zero-order valence-electron chi connectivity index (χ0n) is 18.8. The number of anilines is 3. The summed E-state index contributed by atoms with van der Waals surface area (Å²) in [6.07, 6.45) is -1.11. The largest absolute Gasteiger partial charge is 0.476 e. The fraction of sp³-hybridized carbons (Fsp3) is 0.174. The lowest BCUT2D eigenvalue weighted by Gasteiger charge is -2.34. The van der Waals surface area contributed by atoms with Gasteiger partial charge in [-0.15, -0.1) is 0 Å². The fourth-order valence-corrected chi connectivity index (χ4v) is 6.19. The molecule has 3 aromatic rings. The van der Waals surface area contributed by atoms with Crippen LogP contribution in [0.25, 0.3) is 0 Å². The van der Waals surface area contributed by atoms with E-state index in [1.54, 1.807) is 24.3 Å². The first-order chi connectivity index (χ1) is 17.0. The van der Waals surface area contributed by atoms with Crippen LogP contribution >= 0.6 is 23.2 Å². The minimum Gasteiger partial charge on any atom is -0.476 e. The van der Waals surface area contributed by atoms with Crippen molar-refractivity contribution in [3.8, 4) is 5.75 Å². The number of halogens is 2. The maximum Gasteiger partial charge on any atom is 0.267 e. The third-order valence-electron chi connectivity index (χ3n) is 5.34. The first kappa shape index (κ1) is 26.1. The Labute approximate surface area is 219 Å². The quantitative estimate of drug-likeness (QED) is 0.436. The number of hydrogen-bond acceptors (Lipinski definition) is 6. The minimum absolute atomic E-state index is 0.0606. The van der Waals surface area contributed by atoms with E-state index in [0.717, 1.165) is 0 Å². The van der Waals surface area contributed by atoms with Gasteiger partial charge in [-0.1, -0.05) is 35.3 Å². The summed E-state index contributed by atoms with van der Waals surface area (Å²) in [5, 5.41) is 3.15. The molecule has 0 saturated heterocycles. The number of nitrogens with zero attached hydrogens (tertiary/aromatic N) is 1. The molecule has 9 nitrogen and oxygen atoms in total. The van der Waals surface area contributed by atoms with Crippen molar-refractivity contribution in [1.29, 1.82) is 0 Å². The molecule has 2 N–H and O–H groups in total. The van der Waals surface area contributed by atoms with E-state index in [9.17, 15) is 21.6 Å². The van der Waals surface area contributed by atoms with Crippen molar-refractivity contribution in [2.75, 3.05) is 26.6 Å². The number of nitrogens with one attached hydrogen (secondary N) is 2. The minimum atomic E-state index is -3.96. The molecular weight excluding hydrogens is 549 g/mol. The van der Waals surface area contributed by atoms with Crippen LogP contribution in [0.1, 0.15) is 6.92 Å². The van der Waals surface area contributed by atoms with Gasteiger partial charge in [0.05, 0.1) is 33.6 Å². The lowest BCUT2D eigenvalue weighted by atomic mass is 10.2. The van der Waals surface area contributed by atoms with Gasteiger partial charge in [-0.2, -0.15) is 0 Å². The molecule has 0 unspecified atom stereocenters. The molecule has 0 radical (unpaired) electrons. The van der Waals surface area contributed by atoms with Crippen LogP contribution in [0.4, 0.5) is 17.1 Å². The Hall–Kier alpha value is -2.99. The molecule has 1 aliphatic heterocycles. The number of para-hydroxylation sites is 2. The molecule has 3 aromatic carbocycles. The van der Waals surface area contributed by atoms with E-state index >= 15 is 0 Å². The van der Waals surface area contributed by atoms with Crippen molar-refractivity contribution >= 4 is 66.2 Å². The summed E-state index contributed by atoms with van der Waals surface area (Å²) >= 11 is 11.9. The number of amides is 1. The molecule has 0 spiro atoms. The first-order valence-electron chi connectivity index (χ1n) is 10.6. The van der Waals surface area contributed by atoms with Gasteiger partial charge in [0.2, 0.25) is 10.0 Å². The lowest BCUT2D eigenvalue weighted by molar-refractivity contribution is -0.122. The summed E-state index contributed by atoms with van der Waals surface area (Å²) in [4.78, 5) is 12.9. The topological polar surface area (TPSA) is 122 Å². The molecule has 190 valence electrons. The van der Waals surface area contributed by atoms with Gasteiger partial charge < -0.3 is 10.1 Å². The number of carbonyl (C=O) groups is 1.